The van der Waals surface area contributed by atoms with Crippen LogP contribution in [0.2, 0.25) is 0 Å². The van der Waals surface area contributed by atoms with E-state index in [1.807, 2.05) is 0 Å². The Hall–Kier alpha value is -3.68. The van der Waals surface area contributed by atoms with E-state index in [9.17, 15) is 19.2 Å². The lowest BCUT2D eigenvalue weighted by Crippen LogP contribution is -2.39. The minimum absolute atomic E-state index is 0.222. The van der Waals surface area contributed by atoms with Crippen molar-refractivity contribution in [1.82, 2.24) is 4.90 Å². The van der Waals surface area contributed by atoms with Crippen LogP contribution in [0, 0.1) is 0 Å². The lowest BCUT2D eigenvalue weighted by atomic mass is 10.3. The Labute approximate surface area is 149 Å². The molecule has 8 heteroatoms. The summed E-state index contributed by atoms with van der Waals surface area (Å²) in [6.07, 6.45) is 0. The number of anilines is 2. The van der Waals surface area contributed by atoms with Crippen LogP contribution in [-0.2, 0) is 14.4 Å². The molecule has 0 radical (unpaired) electrons. The first-order valence-corrected chi connectivity index (χ1v) is 7.70. The van der Waals surface area contributed by atoms with Gasteiger partial charge in [-0.3, -0.25) is 14.4 Å². The smallest absolute Gasteiger partial charge is 0.339 e. The van der Waals surface area contributed by atoms with Gasteiger partial charge in [0.1, 0.15) is 12.3 Å². The van der Waals surface area contributed by atoms with Crippen LogP contribution in [0.5, 0.6) is 5.75 Å². The molecule has 1 saturated heterocycles. The summed E-state index contributed by atoms with van der Waals surface area (Å²) in [6.45, 7) is -0.551. The Balaban J connectivity index is 1.74. The van der Waals surface area contributed by atoms with Gasteiger partial charge in [-0.25, -0.2) is 14.6 Å². The van der Waals surface area contributed by atoms with Crippen LogP contribution in [0.4, 0.5) is 16.2 Å². The number of nitrogens with zero attached hydrogens (tertiary/aromatic N) is 2. The largest absolute Gasteiger partial charge is 0.497 e. The van der Waals surface area contributed by atoms with Crippen molar-refractivity contribution in [3.8, 4) is 5.75 Å². The average Bonchev–Trinajstić information content (AvgIpc) is 2.86. The summed E-state index contributed by atoms with van der Waals surface area (Å²) in [7, 11) is 1.48. The number of methoxy groups -OCH3 is 1. The van der Waals surface area contributed by atoms with Crippen molar-refractivity contribution in [2.75, 3.05) is 23.9 Å². The van der Waals surface area contributed by atoms with Gasteiger partial charge in [-0.1, -0.05) is 18.2 Å². The highest BCUT2D eigenvalue weighted by molar-refractivity contribution is 6.53. The number of hydrogen-bond donors (Lipinski definition) is 1. The second-order valence-corrected chi connectivity index (χ2v) is 5.43. The van der Waals surface area contributed by atoms with E-state index >= 15 is 0 Å². The quantitative estimate of drug-likeness (QED) is 0.651. The number of urea groups is 1. The molecule has 0 bridgehead atoms. The van der Waals surface area contributed by atoms with Gasteiger partial charge >= 0.3 is 17.8 Å². The van der Waals surface area contributed by atoms with E-state index in [1.54, 1.807) is 42.5 Å². The molecule has 26 heavy (non-hydrogen) atoms. The van der Waals surface area contributed by atoms with E-state index in [1.165, 1.54) is 19.2 Å². The number of amides is 5. The molecule has 0 unspecified atom stereocenters. The maximum atomic E-state index is 12.5. The number of rotatable bonds is 5. The second-order valence-electron chi connectivity index (χ2n) is 5.43. The van der Waals surface area contributed by atoms with Crippen molar-refractivity contribution in [3.63, 3.8) is 0 Å². The Morgan fingerprint density at radius 1 is 0.962 bits per heavy atom. The summed E-state index contributed by atoms with van der Waals surface area (Å²) in [5, 5.41) is 2.56. The van der Waals surface area contributed by atoms with Crippen LogP contribution in [0.3, 0.4) is 0 Å². The molecule has 2 aromatic rings. The van der Waals surface area contributed by atoms with E-state index in [0.717, 1.165) is 4.90 Å². The predicted molar refractivity (Wildman–Crippen MR) is 92.7 cm³/mol. The third kappa shape index (κ3) is 3.25. The van der Waals surface area contributed by atoms with Gasteiger partial charge in [0.2, 0.25) is 5.91 Å². The van der Waals surface area contributed by atoms with Crippen molar-refractivity contribution < 1.29 is 23.9 Å². The lowest BCUT2D eigenvalue weighted by molar-refractivity contribution is -0.140. The normalized spacial score (nSPS) is 14.0. The fraction of sp³-hybridized carbons (Fsp3) is 0.111. The van der Waals surface area contributed by atoms with E-state index in [4.69, 9.17) is 4.74 Å². The summed E-state index contributed by atoms with van der Waals surface area (Å²) in [5.74, 6) is -2.10. The predicted octanol–water partition coefficient (Wildman–Crippen LogP) is 1.63. The lowest BCUT2D eigenvalue weighted by Gasteiger charge is -2.15. The summed E-state index contributed by atoms with van der Waals surface area (Å²) in [6, 6.07) is 13.8. The maximum Gasteiger partial charge on any atom is 0.339 e. The van der Waals surface area contributed by atoms with Crippen LogP contribution >= 0.6 is 0 Å². The highest BCUT2D eigenvalue weighted by atomic mass is 16.5. The van der Waals surface area contributed by atoms with Crippen LogP contribution < -0.4 is 15.0 Å². The standard InChI is InChI=1S/C18H15N3O5/c1-26-14-9-7-13(8-10-14)21-17(24)16(23)20(18(21)25)11-15(22)19-12-5-3-2-4-6-12/h2-10H,11H2,1H3,(H,19,22). The van der Waals surface area contributed by atoms with E-state index in [2.05, 4.69) is 5.32 Å². The van der Waals surface area contributed by atoms with Crippen molar-refractivity contribution in [2.24, 2.45) is 0 Å². The van der Waals surface area contributed by atoms with Gasteiger partial charge in [0.25, 0.3) is 0 Å². The fourth-order valence-corrected chi connectivity index (χ4v) is 2.47. The first kappa shape index (κ1) is 17.2. The molecule has 1 heterocycles. The van der Waals surface area contributed by atoms with Gasteiger partial charge in [0.15, 0.2) is 0 Å². The summed E-state index contributed by atoms with van der Waals surface area (Å²) >= 11 is 0. The van der Waals surface area contributed by atoms with Gasteiger partial charge < -0.3 is 10.1 Å². The Morgan fingerprint density at radius 3 is 2.23 bits per heavy atom. The zero-order valence-corrected chi connectivity index (χ0v) is 13.8. The highest BCUT2D eigenvalue weighted by Gasteiger charge is 2.46. The Kier molecular flexibility index (Phi) is 4.66. The van der Waals surface area contributed by atoms with Crippen molar-refractivity contribution in [3.05, 3.63) is 54.6 Å². The molecular weight excluding hydrogens is 338 g/mol. The van der Waals surface area contributed by atoms with Gasteiger partial charge in [-0.2, -0.15) is 0 Å². The van der Waals surface area contributed by atoms with Gasteiger partial charge in [-0.05, 0) is 36.4 Å². The molecule has 1 fully saturated rings. The molecule has 3 rings (SSSR count). The van der Waals surface area contributed by atoms with Crippen molar-refractivity contribution in [1.29, 1.82) is 0 Å². The highest BCUT2D eigenvalue weighted by Crippen LogP contribution is 2.24. The van der Waals surface area contributed by atoms with E-state index in [0.29, 0.717) is 16.3 Å². The molecule has 0 atom stereocenters. The molecule has 0 spiro atoms. The molecule has 0 saturated carbocycles. The average molecular weight is 353 g/mol. The summed E-state index contributed by atoms with van der Waals surface area (Å²) < 4.78 is 5.02. The maximum absolute atomic E-state index is 12.5. The third-order valence-corrected chi connectivity index (χ3v) is 3.74. The van der Waals surface area contributed by atoms with Crippen LogP contribution in [0.1, 0.15) is 0 Å². The van der Waals surface area contributed by atoms with Crippen LogP contribution in [-0.4, -0.2) is 42.3 Å². The van der Waals surface area contributed by atoms with E-state index in [-0.39, 0.29) is 5.69 Å². The van der Waals surface area contributed by atoms with Crippen molar-refractivity contribution in [2.45, 2.75) is 0 Å². The molecule has 0 aromatic heterocycles. The first-order chi connectivity index (χ1) is 12.5. The third-order valence-electron chi connectivity index (χ3n) is 3.74. The topological polar surface area (TPSA) is 96.0 Å². The van der Waals surface area contributed by atoms with Gasteiger partial charge in [0, 0.05) is 5.69 Å². The molecule has 1 aliphatic rings. The SMILES string of the molecule is COc1ccc(N2C(=O)C(=O)N(CC(=O)Nc3ccccc3)C2=O)cc1. The van der Waals surface area contributed by atoms with Gasteiger partial charge in [-0.15, -0.1) is 0 Å². The summed E-state index contributed by atoms with van der Waals surface area (Å²) in [4.78, 5) is 50.2. The molecular formula is C18H15N3O5. The number of nitrogens with one attached hydrogen (secondary N) is 1. The number of carbonyl (C=O) groups is 4. The first-order valence-electron chi connectivity index (χ1n) is 7.70. The molecule has 1 aliphatic heterocycles. The number of benzene rings is 2. The molecule has 2 aromatic carbocycles. The minimum atomic E-state index is -1.05. The summed E-state index contributed by atoms with van der Waals surface area (Å²) in [5.41, 5.74) is 0.745. The van der Waals surface area contributed by atoms with Crippen LogP contribution in [0.15, 0.2) is 54.6 Å². The molecule has 8 nitrogen and oxygen atoms in total. The van der Waals surface area contributed by atoms with Crippen LogP contribution in [0.25, 0.3) is 0 Å². The minimum Gasteiger partial charge on any atom is -0.497 e. The number of carbonyl (C=O) groups excluding carboxylic acids is 4. The number of ether oxygens (including phenoxy) is 1. The molecule has 5 amide bonds. The number of para-hydroxylation sites is 1. The molecule has 132 valence electrons. The van der Waals surface area contributed by atoms with Gasteiger partial charge in [0.05, 0.1) is 12.8 Å². The second kappa shape index (κ2) is 7.06. The number of hydrogen-bond acceptors (Lipinski definition) is 5. The zero-order valence-electron chi connectivity index (χ0n) is 13.8. The zero-order chi connectivity index (χ0) is 18.7. The van der Waals surface area contributed by atoms with E-state index < -0.39 is 30.3 Å². The molecule has 1 N–H and O–H groups in total. The fourth-order valence-electron chi connectivity index (χ4n) is 2.47. The van der Waals surface area contributed by atoms with Crippen molar-refractivity contribution >= 4 is 35.1 Å². The Bertz CT molecular complexity index is 864. The monoisotopic (exact) mass is 353 g/mol. The molecule has 0 aliphatic carbocycles. The Morgan fingerprint density at radius 2 is 1.62 bits per heavy atom. The number of imide groups is 2.